The molecule has 1 aromatic carbocycles. The van der Waals surface area contributed by atoms with Gasteiger partial charge in [0.2, 0.25) is 0 Å². The first-order valence-corrected chi connectivity index (χ1v) is 5.59. The lowest BCUT2D eigenvalue weighted by Gasteiger charge is -1.98. The Hall–Kier alpha value is -1.20. The van der Waals surface area contributed by atoms with Gasteiger partial charge in [0.1, 0.15) is 5.75 Å². The number of carbonyl (C=O) groups is 1. The molecule has 0 saturated carbocycles. The molecule has 1 rings (SSSR count). The van der Waals surface area contributed by atoms with E-state index in [-0.39, 0.29) is 6.42 Å². The molecule has 0 amide bonds. The molecule has 1 N–H and O–H groups in total. The molecule has 5 heteroatoms. The van der Waals surface area contributed by atoms with Crippen LogP contribution >= 0.6 is 0 Å². The molecule has 0 saturated heterocycles. The number of hydrogen-bond acceptors (Lipinski definition) is 3. The second-order valence-corrected chi connectivity index (χ2v) is 4.38. The predicted molar refractivity (Wildman–Crippen MR) is 51.6 cm³/mol. The topological polar surface area (TPSA) is 71.4 Å². The molecule has 0 aliphatic rings. The Kier molecular flexibility index (Phi) is 3.38. The van der Waals surface area contributed by atoms with E-state index in [9.17, 15) is 13.2 Å². The van der Waals surface area contributed by atoms with E-state index in [1.54, 1.807) is 30.3 Å². The molecule has 14 heavy (non-hydrogen) atoms. The molecule has 0 atom stereocenters. The monoisotopic (exact) mass is 214 g/mol. The van der Waals surface area contributed by atoms with Crippen LogP contribution in [0.15, 0.2) is 30.3 Å². The van der Waals surface area contributed by atoms with Gasteiger partial charge in [-0.25, -0.2) is 0 Å². The maximum Gasteiger partial charge on any atom is 0.272 e. The first-order valence-electron chi connectivity index (χ1n) is 3.98. The van der Waals surface area contributed by atoms with E-state index in [0.29, 0.717) is 0 Å². The van der Waals surface area contributed by atoms with Crippen LogP contribution in [-0.2, 0) is 21.3 Å². The molecule has 0 spiro atoms. The van der Waals surface area contributed by atoms with Crippen molar-refractivity contribution in [1.29, 1.82) is 0 Å². The Labute approximate surface area is 82.3 Å². The Morgan fingerprint density at radius 2 is 1.79 bits per heavy atom. The first-order chi connectivity index (χ1) is 6.47. The molecule has 76 valence electrons. The summed E-state index contributed by atoms with van der Waals surface area (Å²) in [6, 6.07) is 8.77. The van der Waals surface area contributed by atoms with E-state index in [1.165, 1.54) is 0 Å². The molecule has 4 nitrogen and oxygen atoms in total. The normalized spacial score (nSPS) is 11.2. The van der Waals surface area contributed by atoms with E-state index in [2.05, 4.69) is 0 Å². The van der Waals surface area contributed by atoms with Gasteiger partial charge in [-0.3, -0.25) is 9.35 Å². The molecule has 0 heterocycles. The van der Waals surface area contributed by atoms with Crippen LogP contribution in [0.2, 0.25) is 0 Å². The van der Waals surface area contributed by atoms with Gasteiger partial charge in [-0.1, -0.05) is 30.3 Å². The molecule has 0 bridgehead atoms. The predicted octanol–water partition coefficient (Wildman–Crippen LogP) is 0.686. The molecular formula is C9H10O4S. The summed E-state index contributed by atoms with van der Waals surface area (Å²) in [6.07, 6.45) is 0.0284. The van der Waals surface area contributed by atoms with Crippen molar-refractivity contribution in [2.75, 3.05) is 5.75 Å². The fourth-order valence-corrected chi connectivity index (χ4v) is 1.59. The zero-order valence-electron chi connectivity index (χ0n) is 7.38. The number of Topliss-reactive ketones (excluding diaryl/α,β-unsaturated/α-hetero) is 1. The third-order valence-corrected chi connectivity index (χ3v) is 2.27. The second kappa shape index (κ2) is 4.34. The molecule has 0 radical (unpaired) electrons. The second-order valence-electron chi connectivity index (χ2n) is 2.93. The van der Waals surface area contributed by atoms with Crippen LogP contribution < -0.4 is 0 Å². The molecule has 0 aliphatic carbocycles. The third-order valence-electron chi connectivity index (χ3n) is 1.59. The SMILES string of the molecule is O=C(Cc1ccccc1)CS(=O)(=O)O. The van der Waals surface area contributed by atoms with E-state index >= 15 is 0 Å². The molecule has 0 aliphatic heterocycles. The van der Waals surface area contributed by atoms with Crippen molar-refractivity contribution in [3.63, 3.8) is 0 Å². The molecular weight excluding hydrogens is 204 g/mol. The van der Waals surface area contributed by atoms with Gasteiger partial charge >= 0.3 is 0 Å². The van der Waals surface area contributed by atoms with Gasteiger partial charge in [0.25, 0.3) is 10.1 Å². The quantitative estimate of drug-likeness (QED) is 0.748. The van der Waals surface area contributed by atoms with Crippen LogP contribution in [0.4, 0.5) is 0 Å². The van der Waals surface area contributed by atoms with Crippen LogP contribution in [-0.4, -0.2) is 24.5 Å². The van der Waals surface area contributed by atoms with Gasteiger partial charge in [-0.15, -0.1) is 0 Å². The van der Waals surface area contributed by atoms with Gasteiger partial charge in [0.05, 0.1) is 0 Å². The zero-order chi connectivity index (χ0) is 10.6. The minimum Gasteiger partial charge on any atom is -0.298 e. The first kappa shape index (κ1) is 10.9. The van der Waals surface area contributed by atoms with Crippen molar-refractivity contribution < 1.29 is 17.8 Å². The number of hydrogen-bond donors (Lipinski definition) is 1. The van der Waals surface area contributed by atoms with Crippen molar-refractivity contribution in [2.24, 2.45) is 0 Å². The van der Waals surface area contributed by atoms with Crippen molar-refractivity contribution >= 4 is 15.9 Å². The number of carbonyl (C=O) groups excluding carboxylic acids is 1. The Morgan fingerprint density at radius 3 is 2.29 bits per heavy atom. The summed E-state index contributed by atoms with van der Waals surface area (Å²) in [4.78, 5) is 11.1. The lowest BCUT2D eigenvalue weighted by Crippen LogP contribution is -2.16. The van der Waals surface area contributed by atoms with Crippen molar-refractivity contribution in [2.45, 2.75) is 6.42 Å². The number of rotatable bonds is 4. The Balaban J connectivity index is 2.59. The minimum atomic E-state index is -4.19. The van der Waals surface area contributed by atoms with Crippen molar-refractivity contribution in [1.82, 2.24) is 0 Å². The number of benzene rings is 1. The van der Waals surface area contributed by atoms with E-state index in [4.69, 9.17) is 4.55 Å². The van der Waals surface area contributed by atoms with Gasteiger partial charge in [0, 0.05) is 6.42 Å². The van der Waals surface area contributed by atoms with Crippen LogP contribution in [0.5, 0.6) is 0 Å². The summed E-state index contributed by atoms with van der Waals surface area (Å²) >= 11 is 0. The van der Waals surface area contributed by atoms with Crippen LogP contribution in [0.25, 0.3) is 0 Å². The highest BCUT2D eigenvalue weighted by atomic mass is 32.2. The summed E-state index contributed by atoms with van der Waals surface area (Å²) in [5, 5.41) is 0. The zero-order valence-corrected chi connectivity index (χ0v) is 8.20. The average molecular weight is 214 g/mol. The fraction of sp³-hybridized carbons (Fsp3) is 0.222. The highest BCUT2D eigenvalue weighted by Gasteiger charge is 2.12. The van der Waals surface area contributed by atoms with Gasteiger partial charge < -0.3 is 0 Å². The van der Waals surface area contributed by atoms with Crippen LogP contribution in [0, 0.1) is 0 Å². The Bertz CT molecular complexity index is 408. The average Bonchev–Trinajstić information content (AvgIpc) is 2.02. The van der Waals surface area contributed by atoms with Crippen LogP contribution in [0.3, 0.4) is 0 Å². The highest BCUT2D eigenvalue weighted by Crippen LogP contribution is 2.01. The summed E-state index contributed by atoms with van der Waals surface area (Å²) in [5.74, 6) is -1.33. The summed E-state index contributed by atoms with van der Waals surface area (Å²) in [5.41, 5.74) is 0.737. The summed E-state index contributed by atoms with van der Waals surface area (Å²) in [7, 11) is -4.19. The van der Waals surface area contributed by atoms with Gasteiger partial charge in [0.15, 0.2) is 5.78 Å². The molecule has 0 aromatic heterocycles. The molecule has 0 unspecified atom stereocenters. The summed E-state index contributed by atoms with van der Waals surface area (Å²) < 4.78 is 29.2. The van der Waals surface area contributed by atoms with Gasteiger partial charge in [-0.05, 0) is 5.56 Å². The minimum absolute atomic E-state index is 0.0284. The molecule has 0 fully saturated rings. The van der Waals surface area contributed by atoms with Crippen LogP contribution in [0.1, 0.15) is 5.56 Å². The summed E-state index contributed by atoms with van der Waals surface area (Å²) in [6.45, 7) is 0. The smallest absolute Gasteiger partial charge is 0.272 e. The maximum absolute atomic E-state index is 11.1. The maximum atomic E-state index is 11.1. The lowest BCUT2D eigenvalue weighted by atomic mass is 10.1. The van der Waals surface area contributed by atoms with Crippen molar-refractivity contribution in [3.8, 4) is 0 Å². The van der Waals surface area contributed by atoms with E-state index < -0.39 is 21.7 Å². The Morgan fingerprint density at radius 1 is 1.21 bits per heavy atom. The largest absolute Gasteiger partial charge is 0.298 e. The van der Waals surface area contributed by atoms with Gasteiger partial charge in [-0.2, -0.15) is 8.42 Å². The van der Waals surface area contributed by atoms with E-state index in [1.807, 2.05) is 0 Å². The van der Waals surface area contributed by atoms with Crippen molar-refractivity contribution in [3.05, 3.63) is 35.9 Å². The standard InChI is InChI=1S/C9H10O4S/c10-9(7-14(11,12)13)6-8-4-2-1-3-5-8/h1-5H,6-7H2,(H,11,12,13). The molecule has 1 aromatic rings. The van der Waals surface area contributed by atoms with E-state index in [0.717, 1.165) is 5.56 Å². The number of ketones is 1. The highest BCUT2D eigenvalue weighted by molar-refractivity contribution is 7.86. The fourth-order valence-electron chi connectivity index (χ4n) is 1.08. The lowest BCUT2D eigenvalue weighted by molar-refractivity contribution is -0.116. The third kappa shape index (κ3) is 4.15.